The van der Waals surface area contributed by atoms with Gasteiger partial charge in [0.25, 0.3) is 0 Å². The van der Waals surface area contributed by atoms with E-state index in [1.54, 1.807) is 6.07 Å². The van der Waals surface area contributed by atoms with E-state index in [1.807, 2.05) is 4.90 Å². The molecule has 144 valence electrons. The van der Waals surface area contributed by atoms with Crippen LogP contribution in [0.2, 0.25) is 0 Å². The lowest BCUT2D eigenvalue weighted by atomic mass is 10.1. The van der Waals surface area contributed by atoms with E-state index < -0.39 is 11.7 Å². The summed E-state index contributed by atoms with van der Waals surface area (Å²) in [6.07, 6.45) is -0.257. The molecule has 1 aliphatic rings. The van der Waals surface area contributed by atoms with Crippen LogP contribution in [0, 0.1) is 0 Å². The minimum atomic E-state index is -4.36. The third-order valence-electron chi connectivity index (χ3n) is 4.57. The number of alkyl halides is 3. The second-order valence-electron chi connectivity index (χ2n) is 6.31. The minimum absolute atomic E-state index is 0. The van der Waals surface area contributed by atoms with E-state index >= 15 is 0 Å². The molecule has 5 nitrogen and oxygen atoms in total. The number of hydrogen-bond acceptors (Lipinski definition) is 5. The molecular weight excluding hydrogens is 369 g/mol. The van der Waals surface area contributed by atoms with Gasteiger partial charge in [-0.15, -0.1) is 12.4 Å². The molecule has 1 fully saturated rings. The molecule has 1 aromatic heterocycles. The fourth-order valence-corrected chi connectivity index (χ4v) is 3.36. The molecule has 9 heteroatoms. The normalized spacial score (nSPS) is 15.4. The van der Waals surface area contributed by atoms with Gasteiger partial charge < -0.3 is 10.3 Å². The summed E-state index contributed by atoms with van der Waals surface area (Å²) in [5, 5.41) is 3.88. The second kappa shape index (κ2) is 8.83. The Hall–Kier alpha value is -1.64. The molecule has 0 saturated heterocycles. The first kappa shape index (κ1) is 20.7. The maximum atomic E-state index is 13.3. The van der Waals surface area contributed by atoms with Gasteiger partial charge in [0.15, 0.2) is 5.82 Å². The molecule has 0 radical (unpaired) electrons. The zero-order valence-corrected chi connectivity index (χ0v) is 15.0. The number of aromatic nitrogens is 2. The molecule has 2 N–H and O–H groups in total. The summed E-state index contributed by atoms with van der Waals surface area (Å²) in [4.78, 5) is 6.20. The Bertz CT molecular complexity index is 701. The van der Waals surface area contributed by atoms with E-state index in [-0.39, 0.29) is 37.1 Å². The zero-order chi connectivity index (χ0) is 17.9. The number of hydrogen-bond donors (Lipinski definition) is 1. The first-order valence-corrected chi connectivity index (χ1v) is 8.38. The number of halogens is 4. The summed E-state index contributed by atoms with van der Waals surface area (Å²) < 4.78 is 44.9. The first-order valence-electron chi connectivity index (χ1n) is 8.38. The van der Waals surface area contributed by atoms with Crippen LogP contribution in [0.15, 0.2) is 28.8 Å². The predicted octanol–water partition coefficient (Wildman–Crippen LogP) is 3.91. The molecule has 26 heavy (non-hydrogen) atoms. The fourth-order valence-electron chi connectivity index (χ4n) is 3.36. The van der Waals surface area contributed by atoms with Crippen molar-refractivity contribution >= 4 is 12.4 Å². The minimum Gasteiger partial charge on any atom is -0.338 e. The third-order valence-corrected chi connectivity index (χ3v) is 4.57. The van der Waals surface area contributed by atoms with Gasteiger partial charge in [0.05, 0.1) is 18.7 Å². The highest BCUT2D eigenvalue weighted by atomic mass is 35.5. The van der Waals surface area contributed by atoms with Crippen LogP contribution in [0.5, 0.6) is 0 Å². The van der Waals surface area contributed by atoms with Crippen molar-refractivity contribution in [3.05, 3.63) is 47.1 Å². The Morgan fingerprint density at radius 3 is 2.46 bits per heavy atom. The number of benzene rings is 1. The Morgan fingerprint density at radius 2 is 1.85 bits per heavy atom. The van der Waals surface area contributed by atoms with Gasteiger partial charge in [-0.1, -0.05) is 36.2 Å². The Morgan fingerprint density at radius 1 is 1.15 bits per heavy atom. The standard InChI is InChI=1S/C17H21F3N4O.ClH/c18-17(19,20)14-8-4-1-5-12(14)10-24(13-6-2-3-7-13)11-15-22-16(9-21)25-23-15;/h1,4-5,8,13H,2-3,6-7,9-11,21H2;1H. The highest BCUT2D eigenvalue weighted by molar-refractivity contribution is 5.85. The molecule has 1 heterocycles. The quantitative estimate of drug-likeness (QED) is 0.809. The average Bonchev–Trinajstić information content (AvgIpc) is 3.25. The lowest BCUT2D eigenvalue weighted by Crippen LogP contribution is -2.33. The van der Waals surface area contributed by atoms with Crippen LogP contribution >= 0.6 is 12.4 Å². The summed E-state index contributed by atoms with van der Waals surface area (Å²) in [5.41, 5.74) is 5.15. The molecule has 1 aromatic carbocycles. The first-order chi connectivity index (χ1) is 12.0. The van der Waals surface area contributed by atoms with E-state index in [4.69, 9.17) is 10.3 Å². The van der Waals surface area contributed by atoms with E-state index in [2.05, 4.69) is 10.1 Å². The van der Waals surface area contributed by atoms with Gasteiger partial charge in [-0.25, -0.2) is 0 Å². The highest BCUT2D eigenvalue weighted by Gasteiger charge is 2.34. The van der Waals surface area contributed by atoms with Gasteiger partial charge in [-0.05, 0) is 24.5 Å². The van der Waals surface area contributed by atoms with Crippen LogP contribution in [-0.2, 0) is 25.8 Å². The van der Waals surface area contributed by atoms with Gasteiger partial charge in [0.1, 0.15) is 0 Å². The fraction of sp³-hybridized carbons (Fsp3) is 0.529. The molecule has 1 aliphatic carbocycles. The van der Waals surface area contributed by atoms with Crippen molar-refractivity contribution in [2.75, 3.05) is 0 Å². The van der Waals surface area contributed by atoms with Crippen molar-refractivity contribution < 1.29 is 17.7 Å². The molecule has 2 aromatic rings. The topological polar surface area (TPSA) is 68.2 Å². The molecular formula is C17H22ClF3N4O. The summed E-state index contributed by atoms with van der Waals surface area (Å²) in [7, 11) is 0. The van der Waals surface area contributed by atoms with Gasteiger partial charge in [-0.2, -0.15) is 18.2 Å². The van der Waals surface area contributed by atoms with Gasteiger partial charge in [-0.3, -0.25) is 4.90 Å². The van der Waals surface area contributed by atoms with Crippen molar-refractivity contribution in [2.45, 2.75) is 57.5 Å². The number of nitrogens with two attached hydrogens (primary N) is 1. The van der Waals surface area contributed by atoms with Crippen molar-refractivity contribution in [1.29, 1.82) is 0 Å². The second-order valence-corrected chi connectivity index (χ2v) is 6.31. The van der Waals surface area contributed by atoms with Crippen LogP contribution in [0.4, 0.5) is 13.2 Å². The zero-order valence-electron chi connectivity index (χ0n) is 14.2. The molecule has 0 spiro atoms. The molecule has 0 bridgehead atoms. The van der Waals surface area contributed by atoms with Crippen molar-refractivity contribution in [3.8, 4) is 0 Å². The number of nitrogens with zero attached hydrogens (tertiary/aromatic N) is 3. The van der Waals surface area contributed by atoms with Gasteiger partial charge in [0, 0.05) is 12.6 Å². The maximum Gasteiger partial charge on any atom is 0.416 e. The van der Waals surface area contributed by atoms with Gasteiger partial charge in [0.2, 0.25) is 5.89 Å². The summed E-state index contributed by atoms with van der Waals surface area (Å²) >= 11 is 0. The third kappa shape index (κ3) is 4.96. The molecule has 0 amide bonds. The maximum absolute atomic E-state index is 13.3. The molecule has 0 aliphatic heterocycles. The average molecular weight is 391 g/mol. The lowest BCUT2D eigenvalue weighted by molar-refractivity contribution is -0.138. The molecule has 3 rings (SSSR count). The van der Waals surface area contributed by atoms with Crippen LogP contribution in [0.1, 0.15) is 48.5 Å². The molecule has 0 atom stereocenters. The summed E-state index contributed by atoms with van der Waals surface area (Å²) in [5.74, 6) is 0.786. The Labute approximate surface area is 156 Å². The predicted molar refractivity (Wildman–Crippen MR) is 92.4 cm³/mol. The van der Waals surface area contributed by atoms with Crippen LogP contribution in [-0.4, -0.2) is 21.1 Å². The number of rotatable bonds is 6. The van der Waals surface area contributed by atoms with E-state index in [9.17, 15) is 13.2 Å². The smallest absolute Gasteiger partial charge is 0.338 e. The Balaban J connectivity index is 0.00000243. The van der Waals surface area contributed by atoms with Crippen LogP contribution < -0.4 is 5.73 Å². The Kier molecular flexibility index (Phi) is 7.02. The van der Waals surface area contributed by atoms with E-state index in [0.717, 1.165) is 31.7 Å². The summed E-state index contributed by atoms with van der Waals surface area (Å²) in [6, 6.07) is 5.94. The highest BCUT2D eigenvalue weighted by Crippen LogP contribution is 2.34. The molecule has 0 unspecified atom stereocenters. The van der Waals surface area contributed by atoms with Crippen LogP contribution in [0.25, 0.3) is 0 Å². The van der Waals surface area contributed by atoms with Crippen molar-refractivity contribution in [1.82, 2.24) is 15.0 Å². The van der Waals surface area contributed by atoms with Crippen molar-refractivity contribution in [3.63, 3.8) is 0 Å². The van der Waals surface area contributed by atoms with Gasteiger partial charge >= 0.3 is 6.18 Å². The van der Waals surface area contributed by atoms with Crippen molar-refractivity contribution in [2.24, 2.45) is 5.73 Å². The van der Waals surface area contributed by atoms with E-state index in [1.165, 1.54) is 12.1 Å². The SMILES string of the molecule is Cl.NCc1nc(CN(Cc2ccccc2C(F)(F)F)C2CCCC2)no1. The van der Waals surface area contributed by atoms with E-state index in [0.29, 0.717) is 18.3 Å². The summed E-state index contributed by atoms with van der Waals surface area (Å²) in [6.45, 7) is 0.695. The lowest BCUT2D eigenvalue weighted by Gasteiger charge is -2.28. The van der Waals surface area contributed by atoms with Crippen LogP contribution in [0.3, 0.4) is 0 Å². The largest absolute Gasteiger partial charge is 0.416 e. The molecule has 1 saturated carbocycles. The monoisotopic (exact) mass is 390 g/mol.